The Hall–Kier alpha value is -2.59. The fourth-order valence-electron chi connectivity index (χ4n) is 1.15. The summed E-state index contributed by atoms with van der Waals surface area (Å²) in [4.78, 5) is 14.0. The Kier molecular flexibility index (Phi) is 3.77. The fourth-order valence-corrected chi connectivity index (χ4v) is 1.15. The van der Waals surface area contributed by atoms with E-state index >= 15 is 0 Å². The smallest absolute Gasteiger partial charge is 0.368 e. The van der Waals surface area contributed by atoms with Gasteiger partial charge in [0.25, 0.3) is 0 Å². The minimum absolute atomic E-state index is 0.00861. The van der Waals surface area contributed by atoms with Crippen molar-refractivity contribution < 1.29 is 27.6 Å². The number of guanidine groups is 1. The minimum atomic E-state index is -5.00. The number of anilines is 1. The summed E-state index contributed by atoms with van der Waals surface area (Å²) in [5.74, 6) is -2.61. The van der Waals surface area contributed by atoms with Crippen LogP contribution < -0.4 is 10.8 Å². The summed E-state index contributed by atoms with van der Waals surface area (Å²) in [7, 11) is 0. The van der Waals surface area contributed by atoms with Crippen molar-refractivity contribution >= 4 is 11.6 Å². The molecule has 11 heteroatoms. The molecule has 0 saturated carbocycles. The molecule has 0 aliphatic carbocycles. The van der Waals surface area contributed by atoms with Gasteiger partial charge >= 0.3 is 11.3 Å². The molecule has 3 N–H and O–H groups in total. The molecule has 0 aliphatic heterocycles. The predicted octanol–water partition coefficient (Wildman–Crippen LogP) is 1.67. The van der Waals surface area contributed by atoms with E-state index in [1.807, 2.05) is 0 Å². The molecule has 0 aliphatic rings. The summed E-state index contributed by atoms with van der Waals surface area (Å²) < 4.78 is 50.3. The van der Waals surface area contributed by atoms with Crippen LogP contribution in [-0.2, 0) is 11.1 Å². The fraction of sp³-hybridized carbons (Fsp3) is 0.125. The number of nitrogens with zero attached hydrogens (tertiary/aromatic N) is 2. The Balaban J connectivity index is 3.26. The highest BCUT2D eigenvalue weighted by Crippen LogP contribution is 2.33. The van der Waals surface area contributed by atoms with E-state index in [9.17, 15) is 27.7 Å². The van der Waals surface area contributed by atoms with Crippen molar-refractivity contribution in [1.29, 1.82) is 5.41 Å². The topological polar surface area (TPSA) is 105 Å². The van der Waals surface area contributed by atoms with Crippen LogP contribution in [0.25, 0.3) is 0 Å². The number of halogens is 4. The molecule has 0 atom stereocenters. The molecule has 0 aromatic heterocycles. The third-order valence-corrected chi connectivity index (χ3v) is 1.86. The minimum Gasteiger partial charge on any atom is -0.368 e. The van der Waals surface area contributed by atoms with E-state index in [1.54, 1.807) is 0 Å². The lowest BCUT2D eigenvalue weighted by molar-refractivity contribution is -0.758. The van der Waals surface area contributed by atoms with E-state index in [-0.39, 0.29) is 11.1 Å². The Bertz CT molecular complexity index is 519. The molecule has 1 aromatic carbocycles. The van der Waals surface area contributed by atoms with Gasteiger partial charge in [-0.25, -0.2) is 4.39 Å². The van der Waals surface area contributed by atoms with Crippen LogP contribution in [0.3, 0.4) is 0 Å². The molecule has 0 fully saturated rings. The molecule has 104 valence electrons. The number of nitrogens with one attached hydrogen (secondary N) is 1. The van der Waals surface area contributed by atoms with Crippen LogP contribution in [0, 0.1) is 21.3 Å². The number of hydrogen-bond acceptors (Lipinski definition) is 4. The van der Waals surface area contributed by atoms with Crippen molar-refractivity contribution in [2.75, 3.05) is 5.06 Å². The largest absolute Gasteiger partial charge is 0.419 e. The zero-order valence-electron chi connectivity index (χ0n) is 8.94. The maximum absolute atomic E-state index is 13.0. The SMILES string of the molecule is N=C(N)N(O[N+](=O)[O-])c1ccc(F)c(C(F)(F)F)c1. The van der Waals surface area contributed by atoms with Crippen LogP contribution in [0.1, 0.15) is 5.56 Å². The van der Waals surface area contributed by atoms with Gasteiger partial charge in [-0.2, -0.15) is 18.1 Å². The van der Waals surface area contributed by atoms with E-state index in [0.29, 0.717) is 6.07 Å². The van der Waals surface area contributed by atoms with E-state index < -0.39 is 34.3 Å². The third-order valence-electron chi connectivity index (χ3n) is 1.86. The van der Waals surface area contributed by atoms with Crippen molar-refractivity contribution in [3.63, 3.8) is 0 Å². The van der Waals surface area contributed by atoms with Crippen LogP contribution >= 0.6 is 0 Å². The Labute approximate surface area is 102 Å². The molecule has 0 radical (unpaired) electrons. The Morgan fingerprint density at radius 2 is 2.05 bits per heavy atom. The molecule has 0 saturated heterocycles. The molecular formula is C8H6F4N4O3. The lowest BCUT2D eigenvalue weighted by Gasteiger charge is -2.19. The van der Waals surface area contributed by atoms with E-state index in [0.717, 1.165) is 6.07 Å². The maximum Gasteiger partial charge on any atom is 0.419 e. The molecule has 1 rings (SSSR count). The van der Waals surface area contributed by atoms with Crippen LogP contribution in [0.5, 0.6) is 0 Å². The first-order chi connectivity index (χ1) is 8.62. The summed E-state index contributed by atoms with van der Waals surface area (Å²) >= 11 is 0. The lowest BCUT2D eigenvalue weighted by Crippen LogP contribution is -2.38. The standard InChI is InChI=1S/C8H6F4N4O3/c9-6-2-1-4(3-5(6)8(10,11)12)15(7(13)14)19-16(17)18/h1-3H,(H3,13,14). The molecular weight excluding hydrogens is 276 g/mol. The quantitative estimate of drug-likeness (QED) is 0.288. The maximum atomic E-state index is 13.0. The normalized spacial score (nSPS) is 10.9. The molecule has 0 spiro atoms. The summed E-state index contributed by atoms with van der Waals surface area (Å²) in [6, 6.07) is 1.41. The molecule has 19 heavy (non-hydrogen) atoms. The van der Waals surface area contributed by atoms with Gasteiger partial charge in [0.1, 0.15) is 5.82 Å². The molecule has 0 heterocycles. The van der Waals surface area contributed by atoms with Gasteiger partial charge in [-0.1, -0.05) is 0 Å². The average molecular weight is 282 g/mol. The van der Waals surface area contributed by atoms with Gasteiger partial charge in [0, 0.05) is 0 Å². The van der Waals surface area contributed by atoms with Crippen LogP contribution in [0.4, 0.5) is 23.2 Å². The third kappa shape index (κ3) is 3.43. The Morgan fingerprint density at radius 1 is 1.47 bits per heavy atom. The highest BCUT2D eigenvalue weighted by molar-refractivity contribution is 5.90. The van der Waals surface area contributed by atoms with Gasteiger partial charge < -0.3 is 5.73 Å². The number of hydrogen-bond donors (Lipinski definition) is 2. The van der Waals surface area contributed by atoms with Crippen molar-refractivity contribution in [2.24, 2.45) is 5.73 Å². The number of hydroxylamine groups is 1. The highest BCUT2D eigenvalue weighted by Gasteiger charge is 2.35. The highest BCUT2D eigenvalue weighted by atomic mass is 19.4. The second kappa shape index (κ2) is 4.96. The number of benzene rings is 1. The first-order valence-electron chi connectivity index (χ1n) is 4.46. The second-order valence-corrected chi connectivity index (χ2v) is 3.15. The van der Waals surface area contributed by atoms with Crippen molar-refractivity contribution in [3.8, 4) is 0 Å². The van der Waals surface area contributed by atoms with E-state index in [2.05, 4.69) is 4.94 Å². The van der Waals surface area contributed by atoms with Crippen molar-refractivity contribution in [1.82, 2.24) is 0 Å². The number of alkyl halides is 3. The first-order valence-corrected chi connectivity index (χ1v) is 4.46. The molecule has 0 bridgehead atoms. The lowest BCUT2D eigenvalue weighted by atomic mass is 10.2. The number of rotatable bonds is 3. The van der Waals surface area contributed by atoms with Crippen molar-refractivity contribution in [3.05, 3.63) is 39.7 Å². The van der Waals surface area contributed by atoms with Gasteiger partial charge in [-0.15, -0.1) is 15.2 Å². The summed E-state index contributed by atoms with van der Waals surface area (Å²) in [5.41, 5.74) is 2.64. The molecule has 7 nitrogen and oxygen atoms in total. The summed E-state index contributed by atoms with van der Waals surface area (Å²) in [5, 5.41) is 15.7. The molecule has 0 unspecified atom stereocenters. The van der Waals surface area contributed by atoms with Crippen LogP contribution in [0.15, 0.2) is 18.2 Å². The summed E-state index contributed by atoms with van der Waals surface area (Å²) in [6.45, 7) is 0. The van der Waals surface area contributed by atoms with E-state index in [4.69, 9.17) is 11.1 Å². The molecule has 1 aromatic rings. The van der Waals surface area contributed by atoms with Crippen LogP contribution in [0.2, 0.25) is 0 Å². The van der Waals surface area contributed by atoms with E-state index in [1.165, 1.54) is 0 Å². The first kappa shape index (κ1) is 14.5. The average Bonchev–Trinajstić information content (AvgIpc) is 2.24. The zero-order valence-corrected chi connectivity index (χ0v) is 8.94. The second-order valence-electron chi connectivity index (χ2n) is 3.15. The molecule has 0 amide bonds. The van der Waals surface area contributed by atoms with Crippen molar-refractivity contribution in [2.45, 2.75) is 6.18 Å². The zero-order chi connectivity index (χ0) is 14.8. The van der Waals surface area contributed by atoms with Gasteiger partial charge in [-0.3, -0.25) is 5.41 Å². The van der Waals surface area contributed by atoms with Crippen LogP contribution in [-0.4, -0.2) is 11.0 Å². The van der Waals surface area contributed by atoms with Gasteiger partial charge in [0.05, 0.1) is 11.3 Å². The van der Waals surface area contributed by atoms with Gasteiger partial charge in [-0.05, 0) is 18.2 Å². The monoisotopic (exact) mass is 282 g/mol. The Morgan fingerprint density at radius 3 is 2.47 bits per heavy atom. The van der Waals surface area contributed by atoms with Gasteiger partial charge in [0.15, 0.2) is 0 Å². The number of nitrogens with two attached hydrogens (primary N) is 1. The predicted molar refractivity (Wildman–Crippen MR) is 53.9 cm³/mol. The summed E-state index contributed by atoms with van der Waals surface area (Å²) in [6.07, 6.45) is -5.00. The van der Waals surface area contributed by atoms with Gasteiger partial charge in [0.2, 0.25) is 5.96 Å².